The second kappa shape index (κ2) is 5.53. The summed E-state index contributed by atoms with van der Waals surface area (Å²) in [7, 11) is 0. The van der Waals surface area contributed by atoms with E-state index in [1.54, 1.807) is 6.07 Å². The second-order valence-corrected chi connectivity index (χ2v) is 5.23. The number of carbonyl (C=O) groups is 2. The number of hydrogen-bond acceptors (Lipinski definition) is 3. The van der Waals surface area contributed by atoms with E-state index < -0.39 is 6.04 Å². The largest absolute Gasteiger partial charge is 0.493 e. The smallest absolute Gasteiger partial charge is 0.251 e. The number of benzene rings is 1. The molecule has 2 amide bonds. The van der Waals surface area contributed by atoms with Crippen LogP contribution >= 0.6 is 0 Å². The molecule has 0 saturated carbocycles. The third-order valence-electron chi connectivity index (χ3n) is 3.79. The number of hydrogen-bond donors (Lipinski definition) is 2. The Morgan fingerprint density at radius 1 is 1.35 bits per heavy atom. The summed E-state index contributed by atoms with van der Waals surface area (Å²) in [6, 6.07) is 5.00. The third kappa shape index (κ3) is 2.61. The molecule has 0 bridgehead atoms. The van der Waals surface area contributed by atoms with Crippen molar-refractivity contribution in [1.82, 2.24) is 10.6 Å². The Balaban J connectivity index is 1.71. The lowest BCUT2D eigenvalue weighted by Gasteiger charge is -2.15. The summed E-state index contributed by atoms with van der Waals surface area (Å²) in [5.41, 5.74) is 1.65. The van der Waals surface area contributed by atoms with Crippen LogP contribution in [0.2, 0.25) is 0 Å². The quantitative estimate of drug-likeness (QED) is 0.846. The number of carbonyl (C=O) groups excluding carboxylic acids is 2. The molecule has 2 N–H and O–H groups in total. The first-order chi connectivity index (χ1) is 9.74. The maximum atomic E-state index is 12.2. The van der Waals surface area contributed by atoms with E-state index in [4.69, 9.17) is 4.74 Å². The number of ether oxygens (including phenoxy) is 1. The molecule has 2 aliphatic heterocycles. The van der Waals surface area contributed by atoms with Crippen LogP contribution in [0, 0.1) is 0 Å². The summed E-state index contributed by atoms with van der Waals surface area (Å²) in [6.07, 6.45) is 3.45. The SMILES string of the molecule is O=C(NC1CCCCNC1=O)c1ccc2c(c1)CCO2. The van der Waals surface area contributed by atoms with Crippen LogP contribution in [0.15, 0.2) is 18.2 Å². The first kappa shape index (κ1) is 13.0. The van der Waals surface area contributed by atoms with Crippen LogP contribution in [0.5, 0.6) is 5.75 Å². The van der Waals surface area contributed by atoms with E-state index in [-0.39, 0.29) is 11.8 Å². The van der Waals surface area contributed by atoms with Gasteiger partial charge in [-0.15, -0.1) is 0 Å². The molecule has 1 unspecified atom stereocenters. The highest BCUT2D eigenvalue weighted by Gasteiger charge is 2.23. The van der Waals surface area contributed by atoms with E-state index in [0.717, 1.165) is 30.6 Å². The normalized spacial score (nSPS) is 21.4. The Morgan fingerprint density at radius 2 is 2.25 bits per heavy atom. The fourth-order valence-corrected chi connectivity index (χ4v) is 2.65. The highest BCUT2D eigenvalue weighted by molar-refractivity contribution is 5.97. The molecule has 0 radical (unpaired) electrons. The molecule has 1 aromatic rings. The number of fused-ring (bicyclic) bond motifs is 1. The zero-order valence-corrected chi connectivity index (χ0v) is 11.3. The average Bonchev–Trinajstić information content (AvgIpc) is 2.83. The molecule has 3 rings (SSSR count). The van der Waals surface area contributed by atoms with E-state index in [9.17, 15) is 9.59 Å². The van der Waals surface area contributed by atoms with Gasteiger partial charge in [0.05, 0.1) is 6.61 Å². The molecule has 2 aliphatic rings. The van der Waals surface area contributed by atoms with Crippen molar-refractivity contribution in [1.29, 1.82) is 0 Å². The van der Waals surface area contributed by atoms with Gasteiger partial charge in [0.2, 0.25) is 5.91 Å². The molecule has 1 fully saturated rings. The topological polar surface area (TPSA) is 67.4 Å². The van der Waals surface area contributed by atoms with Crippen molar-refractivity contribution < 1.29 is 14.3 Å². The Labute approximate surface area is 117 Å². The first-order valence-corrected chi connectivity index (χ1v) is 7.08. The van der Waals surface area contributed by atoms with Crippen molar-refractivity contribution in [3.8, 4) is 5.75 Å². The fraction of sp³-hybridized carbons (Fsp3) is 0.467. The lowest BCUT2D eigenvalue weighted by molar-refractivity contribution is -0.122. The summed E-state index contributed by atoms with van der Waals surface area (Å²) in [5.74, 6) is 0.579. The second-order valence-electron chi connectivity index (χ2n) is 5.23. The molecule has 0 spiro atoms. The molecule has 5 heteroatoms. The van der Waals surface area contributed by atoms with Gasteiger partial charge in [-0.05, 0) is 43.0 Å². The number of nitrogens with one attached hydrogen (secondary N) is 2. The third-order valence-corrected chi connectivity index (χ3v) is 3.79. The van der Waals surface area contributed by atoms with Crippen LogP contribution in [0.3, 0.4) is 0 Å². The van der Waals surface area contributed by atoms with Crippen molar-refractivity contribution in [2.45, 2.75) is 31.7 Å². The van der Waals surface area contributed by atoms with Crippen molar-refractivity contribution >= 4 is 11.8 Å². The van der Waals surface area contributed by atoms with Gasteiger partial charge in [0.15, 0.2) is 0 Å². The molecular formula is C15H18N2O3. The highest BCUT2D eigenvalue weighted by atomic mass is 16.5. The van der Waals surface area contributed by atoms with Gasteiger partial charge >= 0.3 is 0 Å². The average molecular weight is 274 g/mol. The minimum Gasteiger partial charge on any atom is -0.493 e. The van der Waals surface area contributed by atoms with Crippen molar-refractivity contribution in [2.75, 3.05) is 13.2 Å². The summed E-state index contributed by atoms with van der Waals surface area (Å²) in [6.45, 7) is 1.37. The highest BCUT2D eigenvalue weighted by Crippen LogP contribution is 2.25. The van der Waals surface area contributed by atoms with Crippen molar-refractivity contribution in [3.05, 3.63) is 29.3 Å². The van der Waals surface area contributed by atoms with Gasteiger partial charge in [0.1, 0.15) is 11.8 Å². The zero-order valence-electron chi connectivity index (χ0n) is 11.3. The van der Waals surface area contributed by atoms with Gasteiger partial charge in [-0.25, -0.2) is 0 Å². The van der Waals surface area contributed by atoms with Gasteiger partial charge in [-0.1, -0.05) is 0 Å². The maximum Gasteiger partial charge on any atom is 0.251 e. The number of rotatable bonds is 2. The summed E-state index contributed by atoms with van der Waals surface area (Å²) in [4.78, 5) is 24.1. The van der Waals surface area contributed by atoms with E-state index in [0.29, 0.717) is 25.1 Å². The Morgan fingerprint density at radius 3 is 3.15 bits per heavy atom. The van der Waals surface area contributed by atoms with E-state index in [1.165, 1.54) is 0 Å². The van der Waals surface area contributed by atoms with Crippen LogP contribution in [0.25, 0.3) is 0 Å². The maximum absolute atomic E-state index is 12.2. The summed E-state index contributed by atoms with van der Waals surface area (Å²) >= 11 is 0. The molecule has 1 saturated heterocycles. The predicted molar refractivity (Wildman–Crippen MR) is 73.8 cm³/mol. The van der Waals surface area contributed by atoms with E-state index >= 15 is 0 Å². The Kier molecular flexibility index (Phi) is 3.58. The number of amides is 2. The van der Waals surface area contributed by atoms with Gasteiger partial charge in [-0.3, -0.25) is 9.59 Å². The van der Waals surface area contributed by atoms with Crippen molar-refractivity contribution in [3.63, 3.8) is 0 Å². The molecule has 106 valence electrons. The Bertz CT molecular complexity index is 542. The van der Waals surface area contributed by atoms with E-state index in [1.807, 2.05) is 12.1 Å². The lowest BCUT2D eigenvalue weighted by Crippen LogP contribution is -2.45. The van der Waals surface area contributed by atoms with Gasteiger partial charge in [-0.2, -0.15) is 0 Å². The predicted octanol–water partition coefficient (Wildman–Crippen LogP) is 1.02. The van der Waals surface area contributed by atoms with Crippen LogP contribution < -0.4 is 15.4 Å². The Hall–Kier alpha value is -2.04. The van der Waals surface area contributed by atoms with E-state index in [2.05, 4.69) is 10.6 Å². The first-order valence-electron chi connectivity index (χ1n) is 7.08. The molecule has 5 nitrogen and oxygen atoms in total. The molecule has 0 aromatic heterocycles. The molecular weight excluding hydrogens is 256 g/mol. The summed E-state index contributed by atoms with van der Waals surface area (Å²) in [5, 5.41) is 5.64. The molecule has 20 heavy (non-hydrogen) atoms. The molecule has 0 aliphatic carbocycles. The van der Waals surface area contributed by atoms with Gasteiger partial charge in [0.25, 0.3) is 5.91 Å². The van der Waals surface area contributed by atoms with Crippen LogP contribution in [-0.4, -0.2) is 31.0 Å². The van der Waals surface area contributed by atoms with Crippen LogP contribution in [0.4, 0.5) is 0 Å². The molecule has 1 atom stereocenters. The lowest BCUT2D eigenvalue weighted by atomic mass is 10.1. The molecule has 2 heterocycles. The minimum absolute atomic E-state index is 0.0830. The zero-order chi connectivity index (χ0) is 13.9. The van der Waals surface area contributed by atoms with Crippen LogP contribution in [0.1, 0.15) is 35.2 Å². The summed E-state index contributed by atoms with van der Waals surface area (Å²) < 4.78 is 5.42. The van der Waals surface area contributed by atoms with Crippen molar-refractivity contribution in [2.24, 2.45) is 0 Å². The minimum atomic E-state index is -0.422. The van der Waals surface area contributed by atoms with Gasteiger partial charge < -0.3 is 15.4 Å². The van der Waals surface area contributed by atoms with Crippen LogP contribution in [-0.2, 0) is 11.2 Å². The monoisotopic (exact) mass is 274 g/mol. The molecule has 1 aromatic carbocycles. The van der Waals surface area contributed by atoms with Gasteiger partial charge in [0, 0.05) is 18.5 Å². The standard InChI is InChI=1S/C15H18N2O3/c18-14(17-12-3-1-2-7-16-15(12)19)11-4-5-13-10(9-11)6-8-20-13/h4-5,9,12H,1-3,6-8H2,(H,16,19)(H,17,18). The fourth-order valence-electron chi connectivity index (χ4n) is 2.65.